The Morgan fingerprint density at radius 2 is 2.05 bits per heavy atom. The molecule has 1 aliphatic carbocycles. The van der Waals surface area contributed by atoms with Crippen molar-refractivity contribution in [1.29, 1.82) is 0 Å². The second-order valence-electron chi connectivity index (χ2n) is 5.51. The van der Waals surface area contributed by atoms with Gasteiger partial charge in [0.05, 0.1) is 5.56 Å². The van der Waals surface area contributed by atoms with Crippen LogP contribution in [0.3, 0.4) is 0 Å². The standard InChI is InChI=1S/C14H18ClN3O/c1-9-16-13(15)11(8-19)14(17-9)18-7-6-10-4-2-3-5-12(10)18/h8,10,12H,2-7H2,1H3. The third kappa shape index (κ3) is 2.22. The first-order valence-electron chi connectivity index (χ1n) is 6.96. The SMILES string of the molecule is Cc1nc(Cl)c(C=O)c(N2CCC3CCCCC32)n1. The van der Waals surface area contributed by atoms with E-state index in [9.17, 15) is 4.79 Å². The lowest BCUT2D eigenvalue weighted by Crippen LogP contribution is -2.36. The van der Waals surface area contributed by atoms with E-state index in [1.165, 1.54) is 32.1 Å². The summed E-state index contributed by atoms with van der Waals surface area (Å²) in [5, 5.41) is 0.275. The van der Waals surface area contributed by atoms with Gasteiger partial charge in [0.2, 0.25) is 0 Å². The zero-order valence-electron chi connectivity index (χ0n) is 11.1. The average Bonchev–Trinajstić information content (AvgIpc) is 2.81. The van der Waals surface area contributed by atoms with Crippen LogP contribution in [0.1, 0.15) is 48.3 Å². The first kappa shape index (κ1) is 12.9. The van der Waals surface area contributed by atoms with E-state index in [1.54, 1.807) is 0 Å². The van der Waals surface area contributed by atoms with Gasteiger partial charge in [-0.1, -0.05) is 24.4 Å². The predicted molar refractivity (Wildman–Crippen MR) is 74.9 cm³/mol. The number of aromatic nitrogens is 2. The van der Waals surface area contributed by atoms with Crippen LogP contribution >= 0.6 is 11.6 Å². The van der Waals surface area contributed by atoms with Crippen molar-refractivity contribution in [1.82, 2.24) is 9.97 Å². The molecule has 102 valence electrons. The normalized spacial score (nSPS) is 26.3. The molecule has 4 nitrogen and oxygen atoms in total. The van der Waals surface area contributed by atoms with E-state index in [1.807, 2.05) is 6.92 Å². The number of hydrogen-bond donors (Lipinski definition) is 0. The Kier molecular flexibility index (Phi) is 3.44. The third-order valence-corrected chi connectivity index (χ3v) is 4.68. The van der Waals surface area contributed by atoms with Gasteiger partial charge >= 0.3 is 0 Å². The first-order valence-corrected chi connectivity index (χ1v) is 7.34. The van der Waals surface area contributed by atoms with Crippen LogP contribution in [-0.2, 0) is 0 Å². The molecular weight excluding hydrogens is 262 g/mol. The molecule has 0 amide bonds. The number of aldehydes is 1. The van der Waals surface area contributed by atoms with Gasteiger partial charge in [0.15, 0.2) is 6.29 Å². The van der Waals surface area contributed by atoms with Crippen molar-refractivity contribution >= 4 is 23.7 Å². The molecule has 2 fully saturated rings. The maximum absolute atomic E-state index is 11.3. The summed E-state index contributed by atoms with van der Waals surface area (Å²) in [6, 6.07) is 0.526. The summed E-state index contributed by atoms with van der Waals surface area (Å²) in [6.07, 6.45) is 7.08. The summed E-state index contributed by atoms with van der Waals surface area (Å²) in [7, 11) is 0. The number of anilines is 1. The molecule has 0 radical (unpaired) electrons. The summed E-state index contributed by atoms with van der Waals surface area (Å²) < 4.78 is 0. The fourth-order valence-corrected chi connectivity index (χ4v) is 3.77. The number of fused-ring (bicyclic) bond motifs is 1. The van der Waals surface area contributed by atoms with E-state index in [4.69, 9.17) is 11.6 Å². The van der Waals surface area contributed by atoms with Crippen LogP contribution in [0.4, 0.5) is 5.82 Å². The fraction of sp³-hybridized carbons (Fsp3) is 0.643. The van der Waals surface area contributed by atoms with Gasteiger partial charge in [0.25, 0.3) is 0 Å². The van der Waals surface area contributed by atoms with E-state index >= 15 is 0 Å². The minimum absolute atomic E-state index is 0.275. The van der Waals surface area contributed by atoms with Crippen molar-refractivity contribution in [2.24, 2.45) is 5.92 Å². The molecule has 1 aliphatic heterocycles. The molecule has 1 aromatic heterocycles. The van der Waals surface area contributed by atoms with Crippen LogP contribution in [0, 0.1) is 12.8 Å². The zero-order chi connectivity index (χ0) is 13.4. The first-order chi connectivity index (χ1) is 9.20. The minimum atomic E-state index is 0.275. The second kappa shape index (κ2) is 5.08. The van der Waals surface area contributed by atoms with Gasteiger partial charge in [0.1, 0.15) is 16.8 Å². The molecule has 3 rings (SSSR count). The summed E-state index contributed by atoms with van der Waals surface area (Å²) >= 11 is 6.08. The van der Waals surface area contributed by atoms with Crippen molar-refractivity contribution < 1.29 is 4.79 Å². The summed E-state index contributed by atoms with van der Waals surface area (Å²) in [5.74, 6) is 2.12. The van der Waals surface area contributed by atoms with Gasteiger partial charge < -0.3 is 4.90 Å². The van der Waals surface area contributed by atoms with E-state index in [0.717, 1.165) is 24.6 Å². The molecule has 0 N–H and O–H groups in total. The molecule has 2 heterocycles. The number of halogens is 1. The van der Waals surface area contributed by atoms with Crippen molar-refractivity contribution in [3.05, 3.63) is 16.5 Å². The number of nitrogens with zero attached hydrogens (tertiary/aromatic N) is 3. The van der Waals surface area contributed by atoms with Gasteiger partial charge in [-0.15, -0.1) is 0 Å². The molecule has 1 aromatic rings. The topological polar surface area (TPSA) is 46.1 Å². The van der Waals surface area contributed by atoms with Gasteiger partial charge in [-0.25, -0.2) is 9.97 Å². The molecule has 19 heavy (non-hydrogen) atoms. The van der Waals surface area contributed by atoms with Crippen molar-refractivity contribution in [2.45, 2.75) is 45.1 Å². The highest BCUT2D eigenvalue weighted by molar-refractivity contribution is 6.32. The van der Waals surface area contributed by atoms with Crippen molar-refractivity contribution in [2.75, 3.05) is 11.4 Å². The number of hydrogen-bond acceptors (Lipinski definition) is 4. The largest absolute Gasteiger partial charge is 0.353 e. The number of carbonyl (C=O) groups is 1. The minimum Gasteiger partial charge on any atom is -0.353 e. The Hall–Kier alpha value is -1.16. The highest BCUT2D eigenvalue weighted by Crippen LogP contribution is 2.39. The van der Waals surface area contributed by atoms with E-state index in [-0.39, 0.29) is 5.15 Å². The molecule has 0 spiro atoms. The Morgan fingerprint density at radius 1 is 1.26 bits per heavy atom. The lowest BCUT2D eigenvalue weighted by Gasteiger charge is -2.33. The van der Waals surface area contributed by atoms with Gasteiger partial charge in [-0.2, -0.15) is 0 Å². The molecule has 5 heteroatoms. The highest BCUT2D eigenvalue weighted by atomic mass is 35.5. The van der Waals surface area contributed by atoms with Crippen molar-refractivity contribution in [3.63, 3.8) is 0 Å². The molecular formula is C14H18ClN3O. The van der Waals surface area contributed by atoms with Gasteiger partial charge in [0, 0.05) is 12.6 Å². The highest BCUT2D eigenvalue weighted by Gasteiger charge is 2.37. The van der Waals surface area contributed by atoms with Gasteiger partial charge in [-0.05, 0) is 32.1 Å². The van der Waals surface area contributed by atoms with Crippen LogP contribution < -0.4 is 4.90 Å². The lowest BCUT2D eigenvalue weighted by molar-refractivity contribution is 0.112. The Bertz CT molecular complexity index is 506. The van der Waals surface area contributed by atoms with Crippen molar-refractivity contribution in [3.8, 4) is 0 Å². The monoisotopic (exact) mass is 279 g/mol. The Labute approximate surface area is 118 Å². The predicted octanol–water partition coefficient (Wildman–Crippen LogP) is 3.02. The second-order valence-corrected chi connectivity index (χ2v) is 5.87. The van der Waals surface area contributed by atoms with Crippen LogP contribution in [0.15, 0.2) is 0 Å². The van der Waals surface area contributed by atoms with Crippen LogP contribution in [0.25, 0.3) is 0 Å². The molecule has 1 saturated carbocycles. The number of aryl methyl sites for hydroxylation is 1. The quantitative estimate of drug-likeness (QED) is 0.617. The van der Waals surface area contributed by atoms with E-state index < -0.39 is 0 Å². The molecule has 2 unspecified atom stereocenters. The van der Waals surface area contributed by atoms with Crippen LogP contribution in [-0.4, -0.2) is 28.8 Å². The molecule has 0 bridgehead atoms. The molecule has 1 saturated heterocycles. The lowest BCUT2D eigenvalue weighted by atomic mass is 9.85. The Balaban J connectivity index is 2.00. The smallest absolute Gasteiger partial charge is 0.156 e. The summed E-state index contributed by atoms with van der Waals surface area (Å²) in [5.41, 5.74) is 0.443. The zero-order valence-corrected chi connectivity index (χ0v) is 11.9. The molecule has 0 aromatic carbocycles. The summed E-state index contributed by atoms with van der Waals surface area (Å²) in [4.78, 5) is 22.1. The Morgan fingerprint density at radius 3 is 2.84 bits per heavy atom. The number of rotatable bonds is 2. The molecule has 2 aliphatic rings. The van der Waals surface area contributed by atoms with Crippen LogP contribution in [0.2, 0.25) is 5.15 Å². The van der Waals surface area contributed by atoms with Gasteiger partial charge in [-0.3, -0.25) is 4.79 Å². The maximum atomic E-state index is 11.3. The van der Waals surface area contributed by atoms with E-state index in [0.29, 0.717) is 17.4 Å². The fourth-order valence-electron chi connectivity index (χ4n) is 3.52. The average molecular weight is 280 g/mol. The van der Waals surface area contributed by atoms with Crippen LogP contribution in [0.5, 0.6) is 0 Å². The third-order valence-electron chi connectivity index (χ3n) is 4.39. The molecule has 2 atom stereocenters. The van der Waals surface area contributed by atoms with E-state index in [2.05, 4.69) is 14.9 Å². The maximum Gasteiger partial charge on any atom is 0.156 e. The number of carbonyl (C=O) groups excluding carboxylic acids is 1. The summed E-state index contributed by atoms with van der Waals surface area (Å²) in [6.45, 7) is 2.79.